The lowest BCUT2D eigenvalue weighted by molar-refractivity contribution is 0.296. The molecule has 1 fully saturated rings. The number of aryl methyl sites for hydroxylation is 1. The zero-order chi connectivity index (χ0) is 10.1. The van der Waals surface area contributed by atoms with Crippen molar-refractivity contribution in [3.05, 3.63) is 29.1 Å². The molecule has 0 N–H and O–H groups in total. The molecule has 0 atom stereocenters. The lowest BCUT2D eigenvalue weighted by Gasteiger charge is -2.10. The van der Waals surface area contributed by atoms with E-state index in [1.807, 2.05) is 13.0 Å². The molecule has 0 unspecified atom stereocenters. The highest BCUT2D eigenvalue weighted by atomic mass is 19.1. The number of benzene rings is 1. The first-order chi connectivity index (χ1) is 6.66. The van der Waals surface area contributed by atoms with E-state index in [2.05, 4.69) is 0 Å². The van der Waals surface area contributed by atoms with Crippen LogP contribution in [-0.4, -0.2) is 6.61 Å². The molecule has 0 aliphatic heterocycles. The Morgan fingerprint density at radius 1 is 1.36 bits per heavy atom. The Morgan fingerprint density at radius 2 is 2.07 bits per heavy atom. The SMILES string of the molecule is Cc1cc(F)c(C)c(OCC2CC2)c1. The highest BCUT2D eigenvalue weighted by Crippen LogP contribution is 2.31. The van der Waals surface area contributed by atoms with Gasteiger partial charge in [-0.25, -0.2) is 4.39 Å². The van der Waals surface area contributed by atoms with Crippen molar-refractivity contribution in [1.29, 1.82) is 0 Å². The van der Waals surface area contributed by atoms with E-state index in [0.717, 1.165) is 12.2 Å². The number of hydrogen-bond acceptors (Lipinski definition) is 1. The van der Waals surface area contributed by atoms with Crippen LogP contribution in [0.25, 0.3) is 0 Å². The zero-order valence-corrected chi connectivity index (χ0v) is 8.64. The maximum atomic E-state index is 13.3. The molecule has 0 heterocycles. The highest BCUT2D eigenvalue weighted by molar-refractivity contribution is 5.37. The van der Waals surface area contributed by atoms with Crippen molar-refractivity contribution in [2.24, 2.45) is 5.92 Å². The Morgan fingerprint density at radius 3 is 2.71 bits per heavy atom. The summed E-state index contributed by atoms with van der Waals surface area (Å²) >= 11 is 0. The van der Waals surface area contributed by atoms with Crippen molar-refractivity contribution in [1.82, 2.24) is 0 Å². The molecule has 1 saturated carbocycles. The van der Waals surface area contributed by atoms with Crippen molar-refractivity contribution in [2.75, 3.05) is 6.61 Å². The van der Waals surface area contributed by atoms with E-state index in [1.54, 1.807) is 13.0 Å². The van der Waals surface area contributed by atoms with Crippen molar-refractivity contribution in [3.8, 4) is 5.75 Å². The predicted octanol–water partition coefficient (Wildman–Crippen LogP) is 3.23. The molecule has 0 amide bonds. The maximum Gasteiger partial charge on any atom is 0.130 e. The smallest absolute Gasteiger partial charge is 0.130 e. The Bertz CT molecular complexity index is 342. The fraction of sp³-hybridized carbons (Fsp3) is 0.500. The average molecular weight is 194 g/mol. The molecule has 14 heavy (non-hydrogen) atoms. The molecular formula is C12H15FO. The molecule has 0 aromatic heterocycles. The minimum absolute atomic E-state index is 0.171. The van der Waals surface area contributed by atoms with Gasteiger partial charge in [0.15, 0.2) is 0 Å². The number of ether oxygens (including phenoxy) is 1. The summed E-state index contributed by atoms with van der Waals surface area (Å²) < 4.78 is 18.9. The average Bonchev–Trinajstić information content (AvgIpc) is 2.92. The third-order valence-corrected chi connectivity index (χ3v) is 2.61. The molecule has 1 nitrogen and oxygen atoms in total. The van der Waals surface area contributed by atoms with Gasteiger partial charge in [-0.3, -0.25) is 0 Å². The standard InChI is InChI=1S/C12H15FO/c1-8-5-11(13)9(2)12(6-8)14-7-10-3-4-10/h5-6,10H,3-4,7H2,1-2H3. The van der Waals surface area contributed by atoms with E-state index < -0.39 is 0 Å². The van der Waals surface area contributed by atoms with E-state index in [4.69, 9.17) is 4.74 Å². The molecule has 1 aromatic carbocycles. The van der Waals surface area contributed by atoms with Crippen LogP contribution in [0.5, 0.6) is 5.75 Å². The fourth-order valence-corrected chi connectivity index (χ4v) is 1.42. The summed E-state index contributed by atoms with van der Waals surface area (Å²) in [4.78, 5) is 0. The summed E-state index contributed by atoms with van der Waals surface area (Å²) in [6, 6.07) is 3.44. The third kappa shape index (κ3) is 2.06. The third-order valence-electron chi connectivity index (χ3n) is 2.61. The van der Waals surface area contributed by atoms with Crippen LogP contribution in [0, 0.1) is 25.6 Å². The molecule has 0 radical (unpaired) electrons. The summed E-state index contributed by atoms with van der Waals surface area (Å²) in [5.41, 5.74) is 1.54. The van der Waals surface area contributed by atoms with Crippen LogP contribution in [0.15, 0.2) is 12.1 Å². The van der Waals surface area contributed by atoms with Crippen LogP contribution >= 0.6 is 0 Å². The van der Waals surface area contributed by atoms with Crippen LogP contribution in [0.2, 0.25) is 0 Å². The van der Waals surface area contributed by atoms with Crippen molar-refractivity contribution in [2.45, 2.75) is 26.7 Å². The van der Waals surface area contributed by atoms with Crippen LogP contribution in [-0.2, 0) is 0 Å². The second kappa shape index (κ2) is 3.60. The molecule has 1 aliphatic carbocycles. The highest BCUT2D eigenvalue weighted by Gasteiger charge is 2.22. The van der Waals surface area contributed by atoms with Gasteiger partial charge in [-0.1, -0.05) is 0 Å². The van der Waals surface area contributed by atoms with E-state index in [-0.39, 0.29) is 5.82 Å². The molecule has 1 aliphatic rings. The monoisotopic (exact) mass is 194 g/mol. The first-order valence-electron chi connectivity index (χ1n) is 5.06. The van der Waals surface area contributed by atoms with E-state index >= 15 is 0 Å². The van der Waals surface area contributed by atoms with Gasteiger partial charge in [-0.15, -0.1) is 0 Å². The van der Waals surface area contributed by atoms with Crippen molar-refractivity contribution in [3.63, 3.8) is 0 Å². The topological polar surface area (TPSA) is 9.23 Å². The Kier molecular flexibility index (Phi) is 2.44. The van der Waals surface area contributed by atoms with E-state index in [0.29, 0.717) is 17.2 Å². The van der Waals surface area contributed by atoms with Gasteiger partial charge in [0.2, 0.25) is 0 Å². The Labute approximate surface area is 83.9 Å². The van der Waals surface area contributed by atoms with Gasteiger partial charge >= 0.3 is 0 Å². The molecule has 1 aromatic rings. The van der Waals surface area contributed by atoms with Crippen LogP contribution in [0.3, 0.4) is 0 Å². The maximum absolute atomic E-state index is 13.3. The minimum Gasteiger partial charge on any atom is -0.493 e. The molecule has 76 valence electrons. The summed E-state index contributed by atoms with van der Waals surface area (Å²) in [5, 5.41) is 0. The van der Waals surface area contributed by atoms with Gasteiger partial charge in [0.05, 0.1) is 6.61 Å². The van der Waals surface area contributed by atoms with E-state index in [9.17, 15) is 4.39 Å². The molecule has 0 spiro atoms. The number of rotatable bonds is 3. The minimum atomic E-state index is -0.171. The van der Waals surface area contributed by atoms with Gasteiger partial charge in [0, 0.05) is 5.56 Å². The Balaban J connectivity index is 2.13. The quantitative estimate of drug-likeness (QED) is 0.717. The van der Waals surface area contributed by atoms with Crippen LogP contribution in [0.1, 0.15) is 24.0 Å². The normalized spacial score (nSPS) is 15.6. The number of halogens is 1. The summed E-state index contributed by atoms with van der Waals surface area (Å²) in [6.07, 6.45) is 2.51. The molecular weight excluding hydrogens is 179 g/mol. The van der Waals surface area contributed by atoms with Gasteiger partial charge in [0.1, 0.15) is 11.6 Å². The second-order valence-electron chi connectivity index (χ2n) is 4.12. The predicted molar refractivity (Wildman–Crippen MR) is 54.1 cm³/mol. The van der Waals surface area contributed by atoms with Gasteiger partial charge in [0.25, 0.3) is 0 Å². The zero-order valence-electron chi connectivity index (χ0n) is 8.64. The molecule has 0 saturated heterocycles. The fourth-order valence-electron chi connectivity index (χ4n) is 1.42. The second-order valence-corrected chi connectivity index (χ2v) is 4.12. The first kappa shape index (κ1) is 9.50. The molecule has 0 bridgehead atoms. The van der Waals surface area contributed by atoms with Crippen LogP contribution < -0.4 is 4.74 Å². The van der Waals surface area contributed by atoms with Crippen LogP contribution in [0.4, 0.5) is 4.39 Å². The first-order valence-corrected chi connectivity index (χ1v) is 5.06. The van der Waals surface area contributed by atoms with E-state index in [1.165, 1.54) is 12.8 Å². The lowest BCUT2D eigenvalue weighted by Crippen LogP contribution is -2.01. The van der Waals surface area contributed by atoms with Gasteiger partial charge in [-0.05, 0) is 50.3 Å². The summed E-state index contributed by atoms with van der Waals surface area (Å²) in [6.45, 7) is 4.38. The summed E-state index contributed by atoms with van der Waals surface area (Å²) in [5.74, 6) is 1.24. The number of hydrogen-bond donors (Lipinski definition) is 0. The molecule has 2 rings (SSSR count). The largest absolute Gasteiger partial charge is 0.493 e. The summed E-state index contributed by atoms with van der Waals surface area (Å²) in [7, 11) is 0. The lowest BCUT2D eigenvalue weighted by atomic mass is 10.1. The van der Waals surface area contributed by atoms with Gasteiger partial charge in [-0.2, -0.15) is 0 Å². The Hall–Kier alpha value is -1.05. The van der Waals surface area contributed by atoms with Gasteiger partial charge < -0.3 is 4.74 Å². The van der Waals surface area contributed by atoms with Crippen molar-refractivity contribution < 1.29 is 9.13 Å². The molecule has 2 heteroatoms. The van der Waals surface area contributed by atoms with Crippen molar-refractivity contribution >= 4 is 0 Å².